The van der Waals surface area contributed by atoms with Gasteiger partial charge in [-0.25, -0.2) is 0 Å². The molecule has 0 saturated heterocycles. The fourth-order valence-corrected chi connectivity index (χ4v) is 8.92. The minimum atomic E-state index is 0.396. The number of hydrogen-bond acceptors (Lipinski definition) is 0. The smallest absolute Gasteiger partial charge is 0.0373 e. The van der Waals surface area contributed by atoms with Crippen molar-refractivity contribution in [3.05, 3.63) is 11.6 Å². The van der Waals surface area contributed by atoms with E-state index in [1.807, 2.05) is 0 Å². The second-order valence-electron chi connectivity index (χ2n) is 12.1. The topological polar surface area (TPSA) is 0 Å². The molecule has 4 aliphatic carbocycles. The molecule has 0 aliphatic heterocycles. The van der Waals surface area contributed by atoms with Gasteiger partial charge in [-0.2, -0.15) is 0 Å². The van der Waals surface area contributed by atoms with Crippen molar-refractivity contribution in [2.45, 2.75) is 111 Å². The first-order valence-corrected chi connectivity index (χ1v) is 13.0. The quantitative estimate of drug-likeness (QED) is 0.317. The molecule has 8 atom stereocenters. The fourth-order valence-electron chi connectivity index (χ4n) is 8.64. The molecule has 0 aromatic carbocycles. The van der Waals surface area contributed by atoms with Crippen molar-refractivity contribution in [2.24, 2.45) is 46.3 Å². The van der Waals surface area contributed by atoms with Gasteiger partial charge in [0.1, 0.15) is 0 Å². The maximum Gasteiger partial charge on any atom is 0.0373 e. The highest BCUT2D eigenvalue weighted by atomic mass is 35.5. The number of alkyl halides is 1. The van der Waals surface area contributed by atoms with Crippen molar-refractivity contribution >= 4 is 11.6 Å². The lowest BCUT2D eigenvalue weighted by Gasteiger charge is -2.58. The average molecular weight is 405 g/mol. The lowest BCUT2D eigenvalue weighted by Crippen LogP contribution is -2.50. The fraction of sp³-hybridized carbons (Fsp3) is 0.926. The molecule has 0 spiro atoms. The van der Waals surface area contributed by atoms with Crippen LogP contribution in [-0.4, -0.2) is 5.38 Å². The van der Waals surface area contributed by atoms with Crippen molar-refractivity contribution < 1.29 is 0 Å². The molecule has 0 N–H and O–H groups in total. The van der Waals surface area contributed by atoms with Crippen LogP contribution in [0.1, 0.15) is 105 Å². The molecule has 4 aliphatic rings. The normalized spacial score (nSPS) is 46.5. The van der Waals surface area contributed by atoms with Gasteiger partial charge in [0.05, 0.1) is 0 Å². The second-order valence-corrected chi connectivity index (χ2v) is 12.7. The van der Waals surface area contributed by atoms with Crippen LogP contribution in [0.3, 0.4) is 0 Å². The second kappa shape index (κ2) is 7.94. The van der Waals surface area contributed by atoms with Gasteiger partial charge in [0.2, 0.25) is 0 Å². The zero-order chi connectivity index (χ0) is 20.1. The Bertz CT molecular complexity index is 591. The molecule has 0 radical (unpaired) electrons. The third-order valence-corrected chi connectivity index (χ3v) is 10.6. The third-order valence-electron chi connectivity index (χ3n) is 10.2. The Hall–Kier alpha value is 0.0300. The highest BCUT2D eigenvalue weighted by molar-refractivity contribution is 6.20. The van der Waals surface area contributed by atoms with E-state index >= 15 is 0 Å². The van der Waals surface area contributed by atoms with E-state index in [1.54, 1.807) is 5.57 Å². The molecule has 1 heteroatoms. The first kappa shape index (κ1) is 21.3. The first-order valence-electron chi connectivity index (χ1n) is 12.6. The first-order chi connectivity index (χ1) is 13.3. The van der Waals surface area contributed by atoms with Gasteiger partial charge >= 0.3 is 0 Å². The van der Waals surface area contributed by atoms with Gasteiger partial charge in [-0.05, 0) is 97.7 Å². The van der Waals surface area contributed by atoms with Crippen LogP contribution < -0.4 is 0 Å². The average Bonchev–Trinajstić information content (AvgIpc) is 2.99. The van der Waals surface area contributed by atoms with Gasteiger partial charge < -0.3 is 0 Å². The van der Waals surface area contributed by atoms with Gasteiger partial charge in [-0.1, -0.05) is 65.5 Å². The Balaban J connectivity index is 1.49. The zero-order valence-corrected chi connectivity index (χ0v) is 20.0. The summed E-state index contributed by atoms with van der Waals surface area (Å²) in [6, 6.07) is 0. The van der Waals surface area contributed by atoms with Crippen LogP contribution in [0.15, 0.2) is 11.6 Å². The van der Waals surface area contributed by atoms with Crippen LogP contribution in [-0.2, 0) is 0 Å². The molecule has 0 heterocycles. The standard InChI is InChI=1S/C27H45Cl/c1-18(2)7-6-8-19(3)23-11-12-24-22-10-9-20-17-21(28)13-15-26(20,4)25(22)14-16-27(23,24)5/h9,18-19,21-25H,6-8,10-17H2,1-5H3/t19-,21+,22+,23-,24+,25+,26+,27+/m1/s1. The minimum Gasteiger partial charge on any atom is -0.123 e. The van der Waals surface area contributed by atoms with E-state index in [-0.39, 0.29) is 0 Å². The van der Waals surface area contributed by atoms with Crippen molar-refractivity contribution in [3.8, 4) is 0 Å². The Morgan fingerprint density at radius 1 is 1.00 bits per heavy atom. The summed E-state index contributed by atoms with van der Waals surface area (Å²) in [5, 5.41) is 0.396. The maximum absolute atomic E-state index is 6.56. The van der Waals surface area contributed by atoms with Gasteiger partial charge in [-0.15, -0.1) is 11.6 Å². The summed E-state index contributed by atoms with van der Waals surface area (Å²) in [6.07, 6.45) is 18.0. The van der Waals surface area contributed by atoms with Crippen molar-refractivity contribution in [2.75, 3.05) is 0 Å². The van der Waals surface area contributed by atoms with E-state index in [4.69, 9.17) is 11.6 Å². The molecule has 0 aromatic rings. The molecule has 3 saturated carbocycles. The van der Waals surface area contributed by atoms with Gasteiger partial charge in [0.25, 0.3) is 0 Å². The van der Waals surface area contributed by atoms with Gasteiger partial charge in [-0.3, -0.25) is 0 Å². The van der Waals surface area contributed by atoms with Crippen LogP contribution >= 0.6 is 11.6 Å². The van der Waals surface area contributed by atoms with Crippen molar-refractivity contribution in [3.63, 3.8) is 0 Å². The molecule has 0 amide bonds. The van der Waals surface area contributed by atoms with E-state index in [0.717, 1.165) is 35.5 Å². The minimum absolute atomic E-state index is 0.396. The Morgan fingerprint density at radius 3 is 2.54 bits per heavy atom. The Labute approximate surface area is 180 Å². The number of hydrogen-bond donors (Lipinski definition) is 0. The summed E-state index contributed by atoms with van der Waals surface area (Å²) in [4.78, 5) is 0. The molecule has 28 heavy (non-hydrogen) atoms. The van der Waals surface area contributed by atoms with Crippen LogP contribution in [0.2, 0.25) is 0 Å². The number of halogens is 1. The van der Waals surface area contributed by atoms with Crippen LogP contribution in [0.25, 0.3) is 0 Å². The van der Waals surface area contributed by atoms with Crippen LogP contribution in [0.5, 0.6) is 0 Å². The van der Waals surface area contributed by atoms with E-state index in [9.17, 15) is 0 Å². The number of fused-ring (bicyclic) bond motifs is 5. The van der Waals surface area contributed by atoms with Gasteiger partial charge in [0, 0.05) is 5.38 Å². The SMILES string of the molecule is CC(C)CCC[C@@H](C)[C@H]1CC[C@H]2[C@@H]3CC=C4C[C@@H](Cl)CC[C@]4(C)[C@H]3CC[C@@]12C. The zero-order valence-electron chi connectivity index (χ0n) is 19.3. The summed E-state index contributed by atoms with van der Waals surface area (Å²) >= 11 is 6.56. The van der Waals surface area contributed by atoms with Crippen LogP contribution in [0.4, 0.5) is 0 Å². The molecule has 0 aromatic heterocycles. The molecular formula is C27H45Cl. The highest BCUT2D eigenvalue weighted by Crippen LogP contribution is 2.67. The van der Waals surface area contributed by atoms with E-state index < -0.39 is 0 Å². The Kier molecular flexibility index (Phi) is 6.03. The monoisotopic (exact) mass is 404 g/mol. The molecule has 0 unspecified atom stereocenters. The number of allylic oxidation sites excluding steroid dienone is 2. The summed E-state index contributed by atoms with van der Waals surface area (Å²) in [5.41, 5.74) is 2.82. The van der Waals surface area contributed by atoms with Gasteiger partial charge in [0.15, 0.2) is 0 Å². The van der Waals surface area contributed by atoms with Crippen LogP contribution in [0, 0.1) is 46.3 Å². The largest absolute Gasteiger partial charge is 0.123 e. The summed E-state index contributed by atoms with van der Waals surface area (Å²) in [5.74, 6) is 5.62. The van der Waals surface area contributed by atoms with E-state index in [2.05, 4.69) is 40.7 Å². The lowest BCUT2D eigenvalue weighted by molar-refractivity contribution is -0.0498. The van der Waals surface area contributed by atoms with Crippen molar-refractivity contribution in [1.29, 1.82) is 0 Å². The molecular weight excluding hydrogens is 360 g/mol. The number of rotatable bonds is 5. The highest BCUT2D eigenvalue weighted by Gasteiger charge is 2.58. The third kappa shape index (κ3) is 3.52. The molecule has 0 bridgehead atoms. The lowest BCUT2D eigenvalue weighted by atomic mass is 9.47. The molecule has 0 nitrogen and oxygen atoms in total. The summed E-state index contributed by atoms with van der Waals surface area (Å²) in [7, 11) is 0. The molecule has 160 valence electrons. The predicted molar refractivity (Wildman–Crippen MR) is 123 cm³/mol. The Morgan fingerprint density at radius 2 is 1.79 bits per heavy atom. The van der Waals surface area contributed by atoms with E-state index in [0.29, 0.717) is 16.2 Å². The van der Waals surface area contributed by atoms with E-state index in [1.165, 1.54) is 70.6 Å². The summed E-state index contributed by atoms with van der Waals surface area (Å²) in [6.45, 7) is 12.7. The van der Waals surface area contributed by atoms with Crippen molar-refractivity contribution in [1.82, 2.24) is 0 Å². The molecule has 4 rings (SSSR count). The summed E-state index contributed by atoms with van der Waals surface area (Å²) < 4.78 is 0. The molecule has 3 fully saturated rings. The maximum atomic E-state index is 6.56. The predicted octanol–water partition coefficient (Wildman–Crippen LogP) is 8.64.